The quantitative estimate of drug-likeness (QED) is 0.224. The predicted octanol–water partition coefficient (Wildman–Crippen LogP) is 2.29. The summed E-state index contributed by atoms with van der Waals surface area (Å²) in [6.07, 6.45) is 20.0. The van der Waals surface area contributed by atoms with Gasteiger partial charge in [-0.1, -0.05) is 0 Å². The van der Waals surface area contributed by atoms with E-state index in [2.05, 4.69) is 26.6 Å². The second kappa shape index (κ2) is 101. The Kier molecular flexibility index (Phi) is 211. The van der Waals surface area contributed by atoms with Crippen molar-refractivity contribution in [2.24, 2.45) is 0 Å². The molecule has 0 heterocycles. The predicted molar refractivity (Wildman–Crippen MR) is 82.0 cm³/mol. The van der Waals surface area contributed by atoms with Gasteiger partial charge in [0.2, 0.25) is 0 Å². The van der Waals surface area contributed by atoms with Crippen LogP contribution in [0.15, 0.2) is 0 Å². The van der Waals surface area contributed by atoms with E-state index in [0.717, 1.165) is 0 Å². The molecule has 0 spiro atoms. The van der Waals surface area contributed by atoms with Crippen molar-refractivity contribution in [2.45, 2.75) is 9.94 Å². The smallest absolute Gasteiger partial charge is 0 e. The first kappa shape index (κ1) is 50.1. The van der Waals surface area contributed by atoms with Gasteiger partial charge in [-0.15, -0.1) is 0 Å². The van der Waals surface area contributed by atoms with E-state index >= 15 is 0 Å². The van der Waals surface area contributed by atoms with Crippen LogP contribution in [0.25, 0.3) is 0 Å². The zero-order valence-corrected chi connectivity index (χ0v) is 20.6. The van der Waals surface area contributed by atoms with E-state index in [1.807, 2.05) is 119 Å². The molecule has 0 saturated heterocycles. The third kappa shape index (κ3) is 89.2. The van der Waals surface area contributed by atoms with Crippen molar-refractivity contribution in [3.63, 3.8) is 0 Å². The number of hydrogen-bond acceptors (Lipinski definition) is 0. The normalized spacial score (nSPS) is 10.8. The second-order valence-corrected chi connectivity index (χ2v) is 1.92. The van der Waals surface area contributed by atoms with Gasteiger partial charge in [-0.25, -0.2) is 0 Å². The fourth-order valence-corrected chi connectivity index (χ4v) is 0.642. The fraction of sp³-hybridized carbons (Fsp3) is 0.125. The van der Waals surface area contributed by atoms with Gasteiger partial charge >= 0.3 is 99.7 Å². The van der Waals surface area contributed by atoms with Crippen molar-refractivity contribution in [3.05, 3.63) is 90.8 Å². The summed E-state index contributed by atoms with van der Waals surface area (Å²) in [4.78, 5) is 4.02. The minimum absolute atomic E-state index is 0. The van der Waals surface area contributed by atoms with Gasteiger partial charge in [0.1, 0.15) is 0 Å². The van der Waals surface area contributed by atoms with Crippen LogP contribution in [0.2, 0.25) is 9.94 Å². The summed E-state index contributed by atoms with van der Waals surface area (Å²) in [5.74, 6) is 0. The molecule has 2 aliphatic rings. The zero-order valence-electron chi connectivity index (χ0n) is 13.1. The molecule has 126 valence electrons. The maximum Gasteiger partial charge on any atom is 0 e. The van der Waals surface area contributed by atoms with E-state index in [9.17, 15) is 0 Å². The molecule has 0 aromatic rings. The summed E-state index contributed by atoms with van der Waals surface area (Å²) in [6, 6.07) is 0. The van der Waals surface area contributed by atoms with Gasteiger partial charge in [-0.3, -0.25) is 0 Å². The van der Waals surface area contributed by atoms with E-state index in [4.69, 9.17) is 18.6 Å². The van der Waals surface area contributed by atoms with Gasteiger partial charge < -0.3 is 0 Å². The van der Waals surface area contributed by atoms with Crippen molar-refractivity contribution < 1.29 is 55.7 Å². The topological polar surface area (TPSA) is 79.6 Å². The Balaban J connectivity index is -0.0000000213. The molecular formula is C16H16O4Te2V2. The number of rotatable bonds is 0. The molecule has 2 saturated carbocycles. The van der Waals surface area contributed by atoms with Crippen molar-refractivity contribution in [1.29, 1.82) is 0 Å². The Morgan fingerprint density at radius 1 is 0.375 bits per heavy atom. The summed E-state index contributed by atoms with van der Waals surface area (Å²) in [5.41, 5.74) is 0. The molecule has 8 heteroatoms. The Hall–Kier alpha value is 1.71. The van der Waals surface area contributed by atoms with Gasteiger partial charge in [0.05, 0.1) is 0 Å². The molecule has 0 aromatic carbocycles. The van der Waals surface area contributed by atoms with E-state index in [1.54, 1.807) is 0 Å². The zero-order chi connectivity index (χ0) is 19.1. The molecule has 2 fully saturated rings. The van der Waals surface area contributed by atoms with Gasteiger partial charge in [0.15, 0.2) is 0 Å². The molecule has 0 amide bonds. The van der Waals surface area contributed by atoms with Crippen molar-refractivity contribution in [3.8, 4) is 0 Å². The van der Waals surface area contributed by atoms with Crippen LogP contribution in [0, 0.1) is 90.8 Å². The molecule has 2 rings (SSSR count). The summed E-state index contributed by atoms with van der Waals surface area (Å²) >= 11 is 3.90. The maximum absolute atomic E-state index is 7.50. The molecule has 0 atom stereocenters. The Bertz CT molecular complexity index is 154. The summed E-state index contributed by atoms with van der Waals surface area (Å²) < 4.78 is 30.0. The minimum atomic E-state index is 0. The van der Waals surface area contributed by atoms with Crippen LogP contribution < -0.4 is 0 Å². The third-order valence-corrected chi connectivity index (χ3v) is 1.11. The van der Waals surface area contributed by atoms with Crippen LogP contribution in [0.4, 0.5) is 0 Å². The molecule has 2 aliphatic carbocycles. The molecule has 0 aromatic heterocycles. The molecule has 0 unspecified atom stereocenters. The Morgan fingerprint density at radius 2 is 0.417 bits per heavy atom. The van der Waals surface area contributed by atoms with Gasteiger partial charge in [-0.05, 0) is 64.2 Å². The average Bonchev–Trinajstić information content (AvgIpc) is 3.43. The van der Waals surface area contributed by atoms with E-state index in [1.165, 1.54) is 0 Å². The van der Waals surface area contributed by atoms with Gasteiger partial charge in [0, 0.05) is 37.1 Å². The first-order valence-corrected chi connectivity index (χ1v) is 9.63. The fourth-order valence-electron chi connectivity index (χ4n) is 0.642. The van der Waals surface area contributed by atoms with Gasteiger partial charge in [-0.2, -0.15) is 0 Å². The van der Waals surface area contributed by atoms with E-state index < -0.39 is 0 Å². The second-order valence-electron chi connectivity index (χ2n) is 1.92. The Morgan fingerprint density at radius 3 is 0.458 bits per heavy atom. The maximum atomic E-state index is 7.50. The third-order valence-electron chi connectivity index (χ3n) is 1.11. The largest absolute Gasteiger partial charge is 0.0312 e. The summed E-state index contributed by atoms with van der Waals surface area (Å²) in [5, 5.41) is 0. The van der Waals surface area contributed by atoms with Crippen molar-refractivity contribution in [1.82, 2.24) is 0 Å². The van der Waals surface area contributed by atoms with Gasteiger partial charge in [0.25, 0.3) is 0 Å². The Labute approximate surface area is 199 Å². The van der Waals surface area contributed by atoms with E-state index in [0.29, 0.717) is 0 Å². The minimum Gasteiger partial charge on any atom is -0.0312 e. The molecule has 24 heavy (non-hydrogen) atoms. The molecule has 0 N–H and O–H groups in total. The van der Waals surface area contributed by atoms with Crippen LogP contribution in [-0.2, 0) is 55.7 Å². The molecule has 0 bridgehead atoms. The van der Waals surface area contributed by atoms with Crippen LogP contribution in [0.5, 0.6) is 0 Å². The summed E-state index contributed by atoms with van der Waals surface area (Å²) in [6.45, 7) is 18.0. The van der Waals surface area contributed by atoms with E-state index in [-0.39, 0.29) is 37.1 Å². The van der Waals surface area contributed by atoms with Crippen LogP contribution in [0.3, 0.4) is 0 Å². The molecular weight excluding hydrogens is 613 g/mol. The first-order valence-electron chi connectivity index (χ1n) is 4.97. The van der Waals surface area contributed by atoms with Crippen molar-refractivity contribution >= 4 is 44.6 Å². The summed E-state index contributed by atoms with van der Waals surface area (Å²) in [7, 11) is 0. The molecule has 0 aliphatic heterocycles. The first-order chi connectivity index (χ1) is 11.0. The van der Waals surface area contributed by atoms with Crippen molar-refractivity contribution in [2.75, 3.05) is 0 Å². The monoisotopic (exact) mass is 634 g/mol. The standard InChI is InChI=1S/2C5H5.4CO.2CH3Te.2V/c2*1-2-4-5-3-1;6*1-2;;/h2*1-5H;;;;;2*1H3;;. The van der Waals surface area contributed by atoms with Crippen LogP contribution in [-0.4, -0.2) is 44.6 Å². The van der Waals surface area contributed by atoms with Crippen LogP contribution >= 0.6 is 0 Å². The van der Waals surface area contributed by atoms with Crippen LogP contribution in [0.1, 0.15) is 0 Å². The number of hydrogen-bond donors (Lipinski definition) is 0. The average molecular weight is 629 g/mol. The molecule has 14 radical (unpaired) electrons. The SMILES string of the molecule is C[Te].C[Te].[C-]#[O+].[C-]#[O+].[C-]#[O+].[C-]#[O+].[CH]1[CH][CH][CH][CH]1.[CH]1[CH][CH][CH][CH]1.[V].[V]. The molecule has 4 nitrogen and oxygen atoms in total.